The summed E-state index contributed by atoms with van der Waals surface area (Å²) in [5.41, 5.74) is 8.19. The molecule has 0 aliphatic heterocycles. The van der Waals surface area contributed by atoms with Gasteiger partial charge in [0, 0.05) is 16.9 Å². The van der Waals surface area contributed by atoms with Gasteiger partial charge in [-0.3, -0.25) is 0 Å². The maximum absolute atomic E-state index is 2.42. The third-order valence-corrected chi connectivity index (χ3v) is 9.38. The summed E-state index contributed by atoms with van der Waals surface area (Å²) in [6, 6.07) is 68.4. The Hall–Kier alpha value is -6.18. The van der Waals surface area contributed by atoms with Gasteiger partial charge in [-0.2, -0.15) is 0 Å². The monoisotopic (exact) mass is 597 g/mol. The number of fused-ring (bicyclic) bond motifs is 5. The average Bonchev–Trinajstić information content (AvgIpc) is 3.15. The normalized spacial score (nSPS) is 11.4. The minimum atomic E-state index is 1.11. The van der Waals surface area contributed by atoms with Gasteiger partial charge < -0.3 is 4.90 Å². The van der Waals surface area contributed by atoms with Gasteiger partial charge in [0.15, 0.2) is 0 Å². The lowest BCUT2D eigenvalue weighted by atomic mass is 9.93. The van der Waals surface area contributed by atoms with E-state index in [1.54, 1.807) is 0 Å². The summed E-state index contributed by atoms with van der Waals surface area (Å²) in [7, 11) is 0. The standard InChI is InChI=1S/C46H31N/c1-3-14-34-28-38(25-24-32(34)12-1)42-20-9-10-23-46(42)47(40-27-26-33-13-2-4-15-35(33)29-40)39-18-11-17-36(30-39)45-31-37-16-5-6-19-41(37)43-21-7-8-22-44(43)45/h1-31H. The SMILES string of the molecule is c1cc(-c2cc3ccccc3c3ccccc23)cc(N(c2ccc3ccccc3c2)c2ccccc2-c2ccc3ccccc3c2)c1. The third-order valence-electron chi connectivity index (χ3n) is 9.38. The van der Waals surface area contributed by atoms with E-state index in [1.165, 1.54) is 65.3 Å². The van der Waals surface area contributed by atoms with Crippen LogP contribution >= 0.6 is 0 Å². The van der Waals surface area contributed by atoms with Crippen molar-refractivity contribution < 1.29 is 0 Å². The Labute approximate surface area is 274 Å². The number of para-hydroxylation sites is 1. The van der Waals surface area contributed by atoms with Crippen molar-refractivity contribution in [1.82, 2.24) is 0 Å². The Bertz CT molecular complexity index is 2600. The van der Waals surface area contributed by atoms with Gasteiger partial charge in [0.1, 0.15) is 0 Å². The molecule has 47 heavy (non-hydrogen) atoms. The molecule has 9 rings (SSSR count). The van der Waals surface area contributed by atoms with Crippen molar-refractivity contribution >= 4 is 60.2 Å². The minimum Gasteiger partial charge on any atom is -0.310 e. The van der Waals surface area contributed by atoms with E-state index < -0.39 is 0 Å². The molecular weight excluding hydrogens is 567 g/mol. The van der Waals surface area contributed by atoms with E-state index in [-0.39, 0.29) is 0 Å². The number of rotatable bonds is 5. The average molecular weight is 598 g/mol. The lowest BCUT2D eigenvalue weighted by Crippen LogP contribution is -2.11. The molecule has 9 aromatic carbocycles. The zero-order valence-corrected chi connectivity index (χ0v) is 25.8. The van der Waals surface area contributed by atoms with Crippen LogP contribution in [0.4, 0.5) is 17.1 Å². The maximum atomic E-state index is 2.42. The molecule has 0 aromatic heterocycles. The molecule has 0 heterocycles. The molecule has 0 bridgehead atoms. The van der Waals surface area contributed by atoms with Crippen LogP contribution in [0.3, 0.4) is 0 Å². The highest BCUT2D eigenvalue weighted by Crippen LogP contribution is 2.44. The molecule has 0 atom stereocenters. The largest absolute Gasteiger partial charge is 0.310 e. The molecule has 0 aliphatic rings. The van der Waals surface area contributed by atoms with Crippen LogP contribution < -0.4 is 4.90 Å². The van der Waals surface area contributed by atoms with Gasteiger partial charge in [0.25, 0.3) is 0 Å². The predicted molar refractivity (Wildman–Crippen MR) is 202 cm³/mol. The fraction of sp³-hybridized carbons (Fsp3) is 0. The Kier molecular flexibility index (Phi) is 6.54. The van der Waals surface area contributed by atoms with Crippen LogP contribution in [-0.2, 0) is 0 Å². The smallest absolute Gasteiger partial charge is 0.0540 e. The van der Waals surface area contributed by atoms with E-state index >= 15 is 0 Å². The van der Waals surface area contributed by atoms with E-state index in [0.29, 0.717) is 0 Å². The molecule has 0 amide bonds. The summed E-state index contributed by atoms with van der Waals surface area (Å²) < 4.78 is 0. The van der Waals surface area contributed by atoms with Gasteiger partial charge in [-0.05, 0) is 102 Å². The molecular formula is C46H31N. The lowest BCUT2D eigenvalue weighted by molar-refractivity contribution is 1.29. The maximum Gasteiger partial charge on any atom is 0.0540 e. The molecule has 0 radical (unpaired) electrons. The Morgan fingerprint density at radius 1 is 0.277 bits per heavy atom. The van der Waals surface area contributed by atoms with Crippen LogP contribution in [0.1, 0.15) is 0 Å². The first-order valence-corrected chi connectivity index (χ1v) is 16.2. The van der Waals surface area contributed by atoms with Crippen molar-refractivity contribution in [3.05, 3.63) is 188 Å². The molecule has 0 saturated heterocycles. The van der Waals surface area contributed by atoms with Crippen molar-refractivity contribution in [2.45, 2.75) is 0 Å². The molecule has 9 aromatic rings. The predicted octanol–water partition coefficient (Wildman–Crippen LogP) is 13.1. The molecule has 0 unspecified atom stereocenters. The second-order valence-corrected chi connectivity index (χ2v) is 12.2. The zero-order valence-electron chi connectivity index (χ0n) is 25.8. The Balaban J connectivity index is 1.27. The highest BCUT2D eigenvalue weighted by Gasteiger charge is 2.19. The first-order chi connectivity index (χ1) is 23.3. The van der Waals surface area contributed by atoms with Gasteiger partial charge in [-0.15, -0.1) is 0 Å². The summed E-state index contributed by atoms with van der Waals surface area (Å²) in [6.07, 6.45) is 0. The number of nitrogens with zero attached hydrogens (tertiary/aromatic N) is 1. The second kappa shape index (κ2) is 11.3. The highest BCUT2D eigenvalue weighted by atomic mass is 15.1. The van der Waals surface area contributed by atoms with Gasteiger partial charge in [0.2, 0.25) is 0 Å². The van der Waals surface area contributed by atoms with E-state index in [1.807, 2.05) is 0 Å². The first kappa shape index (κ1) is 27.2. The minimum absolute atomic E-state index is 1.11. The van der Waals surface area contributed by atoms with E-state index in [9.17, 15) is 0 Å². The summed E-state index contributed by atoms with van der Waals surface area (Å²) in [5, 5.41) is 10.0. The molecule has 0 spiro atoms. The Morgan fingerprint density at radius 3 is 1.66 bits per heavy atom. The lowest BCUT2D eigenvalue weighted by Gasteiger charge is -2.29. The summed E-state index contributed by atoms with van der Waals surface area (Å²) >= 11 is 0. The molecule has 1 heteroatoms. The van der Waals surface area contributed by atoms with Gasteiger partial charge in [-0.25, -0.2) is 0 Å². The quantitative estimate of drug-likeness (QED) is 0.178. The topological polar surface area (TPSA) is 3.24 Å². The van der Waals surface area contributed by atoms with Crippen LogP contribution in [0.5, 0.6) is 0 Å². The zero-order chi connectivity index (χ0) is 31.2. The molecule has 220 valence electrons. The fourth-order valence-corrected chi connectivity index (χ4v) is 7.12. The van der Waals surface area contributed by atoms with Crippen molar-refractivity contribution in [3.63, 3.8) is 0 Å². The van der Waals surface area contributed by atoms with Crippen molar-refractivity contribution in [2.24, 2.45) is 0 Å². The van der Waals surface area contributed by atoms with E-state index in [2.05, 4.69) is 193 Å². The van der Waals surface area contributed by atoms with Crippen LogP contribution in [0.25, 0.3) is 65.3 Å². The molecule has 0 N–H and O–H groups in total. The number of anilines is 3. The fourth-order valence-electron chi connectivity index (χ4n) is 7.12. The van der Waals surface area contributed by atoms with E-state index in [0.717, 1.165) is 17.1 Å². The highest BCUT2D eigenvalue weighted by molar-refractivity contribution is 6.14. The van der Waals surface area contributed by atoms with Crippen LogP contribution in [-0.4, -0.2) is 0 Å². The van der Waals surface area contributed by atoms with Crippen LogP contribution in [0.15, 0.2) is 188 Å². The van der Waals surface area contributed by atoms with Gasteiger partial charge in [0.05, 0.1) is 5.69 Å². The number of hydrogen-bond acceptors (Lipinski definition) is 1. The van der Waals surface area contributed by atoms with Gasteiger partial charge in [-0.1, -0.05) is 146 Å². The van der Waals surface area contributed by atoms with Crippen molar-refractivity contribution in [1.29, 1.82) is 0 Å². The molecule has 1 nitrogen and oxygen atoms in total. The third kappa shape index (κ3) is 4.81. The summed E-state index contributed by atoms with van der Waals surface area (Å²) in [4.78, 5) is 2.42. The van der Waals surface area contributed by atoms with Crippen molar-refractivity contribution in [3.8, 4) is 22.3 Å². The summed E-state index contributed by atoms with van der Waals surface area (Å²) in [6.45, 7) is 0. The van der Waals surface area contributed by atoms with Gasteiger partial charge >= 0.3 is 0 Å². The molecule has 0 saturated carbocycles. The van der Waals surface area contributed by atoms with E-state index in [4.69, 9.17) is 0 Å². The summed E-state index contributed by atoms with van der Waals surface area (Å²) in [5.74, 6) is 0. The van der Waals surface area contributed by atoms with Crippen molar-refractivity contribution in [2.75, 3.05) is 4.90 Å². The Morgan fingerprint density at radius 2 is 0.851 bits per heavy atom. The first-order valence-electron chi connectivity index (χ1n) is 16.2. The molecule has 0 aliphatic carbocycles. The van der Waals surface area contributed by atoms with Crippen LogP contribution in [0, 0.1) is 0 Å². The van der Waals surface area contributed by atoms with Crippen LogP contribution in [0.2, 0.25) is 0 Å². The number of hydrogen-bond donors (Lipinski definition) is 0. The second-order valence-electron chi connectivity index (χ2n) is 12.2. The molecule has 0 fully saturated rings. The number of benzene rings is 9.